The van der Waals surface area contributed by atoms with E-state index in [4.69, 9.17) is 9.47 Å². The van der Waals surface area contributed by atoms with Gasteiger partial charge >= 0.3 is 0 Å². The van der Waals surface area contributed by atoms with Crippen molar-refractivity contribution in [2.24, 2.45) is 0 Å². The number of rotatable bonds is 6. The van der Waals surface area contributed by atoms with Gasteiger partial charge in [0.05, 0.1) is 12.2 Å². The molecule has 0 aliphatic rings. The Morgan fingerprint density at radius 1 is 0.696 bits per heavy atom. The number of benzene rings is 2. The molecule has 0 amide bonds. The van der Waals surface area contributed by atoms with Crippen LogP contribution in [-0.2, 0) is 0 Å². The zero-order valence-corrected chi connectivity index (χ0v) is 15.1. The Labute approximate surface area is 140 Å². The lowest BCUT2D eigenvalue weighted by Crippen LogP contribution is -2.23. The van der Waals surface area contributed by atoms with E-state index in [2.05, 4.69) is 77.9 Å². The van der Waals surface area contributed by atoms with Gasteiger partial charge in [-0.1, -0.05) is 35.4 Å². The van der Waals surface area contributed by atoms with Crippen molar-refractivity contribution in [3.05, 3.63) is 58.7 Å². The second-order valence-electron chi connectivity index (χ2n) is 6.63. The Morgan fingerprint density at radius 3 is 1.43 bits per heavy atom. The third-order valence-electron chi connectivity index (χ3n) is 3.98. The van der Waals surface area contributed by atoms with Crippen LogP contribution in [-0.4, -0.2) is 12.2 Å². The van der Waals surface area contributed by atoms with E-state index >= 15 is 0 Å². The van der Waals surface area contributed by atoms with Gasteiger partial charge in [-0.2, -0.15) is 0 Å². The fraction of sp³-hybridized carbons (Fsp3) is 0.429. The second kappa shape index (κ2) is 7.54. The van der Waals surface area contributed by atoms with E-state index in [1.165, 1.54) is 22.3 Å². The highest BCUT2D eigenvalue weighted by molar-refractivity contribution is 5.36. The highest BCUT2D eigenvalue weighted by atomic mass is 16.5. The van der Waals surface area contributed by atoms with Gasteiger partial charge in [-0.15, -0.1) is 0 Å². The Morgan fingerprint density at radius 2 is 1.09 bits per heavy atom. The average molecular weight is 312 g/mol. The maximum Gasteiger partial charge on any atom is 0.122 e. The summed E-state index contributed by atoms with van der Waals surface area (Å²) in [5, 5.41) is 0. The molecule has 0 saturated heterocycles. The van der Waals surface area contributed by atoms with Gasteiger partial charge in [-0.05, 0) is 64.8 Å². The summed E-state index contributed by atoms with van der Waals surface area (Å²) in [4.78, 5) is 0. The fourth-order valence-corrected chi connectivity index (χ4v) is 2.86. The fourth-order valence-electron chi connectivity index (χ4n) is 2.86. The molecule has 2 rings (SSSR count). The molecule has 2 atom stereocenters. The predicted octanol–water partition coefficient (Wildman–Crippen LogP) is 5.55. The molecule has 0 radical (unpaired) electrons. The van der Waals surface area contributed by atoms with Crippen LogP contribution in [0.15, 0.2) is 36.4 Å². The number of hydrogen-bond donors (Lipinski definition) is 0. The topological polar surface area (TPSA) is 18.5 Å². The molecule has 0 heterocycles. The molecule has 2 aromatic rings. The summed E-state index contributed by atoms with van der Waals surface area (Å²) in [7, 11) is 0. The summed E-state index contributed by atoms with van der Waals surface area (Å²) in [6.07, 6.45) is 1.06. The molecule has 2 aromatic carbocycles. The van der Waals surface area contributed by atoms with Crippen LogP contribution in [0.4, 0.5) is 0 Å². The first-order chi connectivity index (χ1) is 10.8. The molecule has 0 spiro atoms. The van der Waals surface area contributed by atoms with E-state index in [0.717, 1.165) is 17.9 Å². The minimum absolute atomic E-state index is 0.108. The van der Waals surface area contributed by atoms with Gasteiger partial charge in [0.25, 0.3) is 0 Å². The first-order valence-electron chi connectivity index (χ1n) is 8.33. The van der Waals surface area contributed by atoms with Crippen LogP contribution in [0, 0.1) is 27.7 Å². The van der Waals surface area contributed by atoms with Gasteiger partial charge in [0.1, 0.15) is 11.5 Å². The highest BCUT2D eigenvalue weighted by Crippen LogP contribution is 2.23. The largest absolute Gasteiger partial charge is 0.490 e. The van der Waals surface area contributed by atoms with Crippen molar-refractivity contribution in [3.8, 4) is 11.5 Å². The van der Waals surface area contributed by atoms with Gasteiger partial charge in [-0.25, -0.2) is 0 Å². The van der Waals surface area contributed by atoms with Crippen molar-refractivity contribution in [1.29, 1.82) is 0 Å². The van der Waals surface area contributed by atoms with E-state index in [0.29, 0.717) is 0 Å². The van der Waals surface area contributed by atoms with Crippen molar-refractivity contribution in [1.82, 2.24) is 0 Å². The first kappa shape index (κ1) is 17.4. The Kier molecular flexibility index (Phi) is 5.70. The highest BCUT2D eigenvalue weighted by Gasteiger charge is 2.13. The van der Waals surface area contributed by atoms with Crippen LogP contribution < -0.4 is 9.47 Å². The number of ether oxygens (including phenoxy) is 2. The number of hydrogen-bond acceptors (Lipinski definition) is 2. The Bertz CT molecular complexity index is 603. The van der Waals surface area contributed by atoms with E-state index in [-0.39, 0.29) is 12.2 Å². The monoisotopic (exact) mass is 312 g/mol. The SMILES string of the molecule is Cc1ccc(OC(C)C[C@@H](C)Oc2ccc(C)cc2C)c(C)c1. The van der Waals surface area contributed by atoms with Crippen molar-refractivity contribution < 1.29 is 9.47 Å². The molecule has 0 bridgehead atoms. The lowest BCUT2D eigenvalue weighted by molar-refractivity contribution is 0.130. The third kappa shape index (κ3) is 5.02. The summed E-state index contributed by atoms with van der Waals surface area (Å²) >= 11 is 0. The van der Waals surface area contributed by atoms with Crippen LogP contribution >= 0.6 is 0 Å². The standard InChI is InChI=1S/C21H28O2/c1-14-7-9-20(16(3)11-14)22-18(5)13-19(6)23-21-10-8-15(2)12-17(21)4/h7-12,18-19H,13H2,1-6H3/t18-,19?/m1/s1. The molecular formula is C21H28O2. The van der Waals surface area contributed by atoms with Gasteiger partial charge in [0, 0.05) is 6.42 Å². The van der Waals surface area contributed by atoms with E-state index in [1.807, 2.05) is 0 Å². The average Bonchev–Trinajstić information content (AvgIpc) is 2.45. The summed E-state index contributed by atoms with van der Waals surface area (Å²) in [5.74, 6) is 1.92. The maximum absolute atomic E-state index is 6.08. The molecule has 0 aliphatic heterocycles. The molecule has 124 valence electrons. The summed E-state index contributed by atoms with van der Waals surface area (Å²) < 4.78 is 12.2. The smallest absolute Gasteiger partial charge is 0.122 e. The van der Waals surface area contributed by atoms with Crippen LogP contribution in [0.1, 0.15) is 42.5 Å². The van der Waals surface area contributed by atoms with Crippen LogP contribution in [0.3, 0.4) is 0 Å². The molecule has 1 unspecified atom stereocenters. The van der Waals surface area contributed by atoms with Crippen molar-refractivity contribution in [2.45, 2.75) is 60.2 Å². The van der Waals surface area contributed by atoms with E-state index < -0.39 is 0 Å². The zero-order valence-electron chi connectivity index (χ0n) is 15.1. The number of aryl methyl sites for hydroxylation is 4. The molecule has 0 saturated carbocycles. The molecule has 0 aromatic heterocycles. The molecule has 23 heavy (non-hydrogen) atoms. The molecular weight excluding hydrogens is 284 g/mol. The van der Waals surface area contributed by atoms with Crippen molar-refractivity contribution in [2.75, 3.05) is 0 Å². The molecule has 2 heteroatoms. The normalized spacial score (nSPS) is 13.5. The van der Waals surface area contributed by atoms with Gasteiger partial charge < -0.3 is 9.47 Å². The lowest BCUT2D eigenvalue weighted by atomic mass is 10.1. The Hall–Kier alpha value is -1.96. The second-order valence-corrected chi connectivity index (χ2v) is 6.63. The quantitative estimate of drug-likeness (QED) is 0.696. The molecule has 0 aliphatic carbocycles. The Balaban J connectivity index is 1.92. The van der Waals surface area contributed by atoms with Crippen LogP contribution in [0.5, 0.6) is 11.5 Å². The van der Waals surface area contributed by atoms with E-state index in [1.54, 1.807) is 0 Å². The minimum Gasteiger partial charge on any atom is -0.490 e. The maximum atomic E-state index is 6.08. The van der Waals surface area contributed by atoms with Gasteiger partial charge in [0.15, 0.2) is 0 Å². The van der Waals surface area contributed by atoms with Gasteiger partial charge in [-0.3, -0.25) is 0 Å². The van der Waals surface area contributed by atoms with Crippen molar-refractivity contribution in [3.63, 3.8) is 0 Å². The third-order valence-corrected chi connectivity index (χ3v) is 3.98. The predicted molar refractivity (Wildman–Crippen MR) is 96.6 cm³/mol. The molecule has 2 nitrogen and oxygen atoms in total. The molecule has 0 fully saturated rings. The van der Waals surface area contributed by atoms with Crippen molar-refractivity contribution >= 4 is 0 Å². The molecule has 0 N–H and O–H groups in total. The summed E-state index contributed by atoms with van der Waals surface area (Å²) in [6.45, 7) is 12.6. The van der Waals surface area contributed by atoms with Crippen LogP contribution in [0.2, 0.25) is 0 Å². The van der Waals surface area contributed by atoms with Gasteiger partial charge in [0.2, 0.25) is 0 Å². The lowest BCUT2D eigenvalue weighted by Gasteiger charge is -2.22. The summed E-state index contributed by atoms with van der Waals surface area (Å²) in [5.41, 5.74) is 4.88. The summed E-state index contributed by atoms with van der Waals surface area (Å²) in [6, 6.07) is 12.6. The first-order valence-corrected chi connectivity index (χ1v) is 8.33. The van der Waals surface area contributed by atoms with Crippen LogP contribution in [0.25, 0.3) is 0 Å². The van der Waals surface area contributed by atoms with E-state index in [9.17, 15) is 0 Å². The zero-order chi connectivity index (χ0) is 17.0. The minimum atomic E-state index is 0.108.